The molecule has 4 atom stereocenters. The van der Waals surface area contributed by atoms with Crippen molar-refractivity contribution < 1.29 is 169 Å². The monoisotopic (exact) mass is 1490 g/mol. The Morgan fingerprint density at radius 3 is 0.607 bits per heavy atom. The van der Waals surface area contributed by atoms with E-state index in [-0.39, 0.29) is 145 Å². The van der Waals surface area contributed by atoms with Crippen molar-refractivity contribution in [1.29, 1.82) is 0 Å². The van der Waals surface area contributed by atoms with Gasteiger partial charge in [0.05, 0.1) is 50.3 Å². The van der Waals surface area contributed by atoms with Crippen LogP contribution in [-0.4, -0.2) is 194 Å². The number of rotatable bonds is 16. The molecule has 0 unspecified atom stereocenters. The molecule has 4 aromatic rings. The van der Waals surface area contributed by atoms with Crippen LogP contribution in [0.25, 0.3) is 0 Å². The van der Waals surface area contributed by atoms with E-state index in [4.69, 9.17) is 38.9 Å². The van der Waals surface area contributed by atoms with Crippen LogP contribution in [0.1, 0.15) is 74.1 Å². The Bertz CT molecular complexity index is 2620. The first-order valence-corrected chi connectivity index (χ1v) is 29.3. The van der Waals surface area contributed by atoms with Crippen LogP contribution < -0.4 is 21.3 Å². The summed E-state index contributed by atoms with van der Waals surface area (Å²) in [5.41, 5.74) is -12.8. The van der Waals surface area contributed by atoms with Crippen molar-refractivity contribution in [2.45, 2.75) is 68.4 Å². The van der Waals surface area contributed by atoms with Gasteiger partial charge in [0.15, 0.2) is 30.4 Å². The molecule has 0 radical (unpaired) electrons. The van der Waals surface area contributed by atoms with E-state index >= 15 is 0 Å². The van der Waals surface area contributed by atoms with Gasteiger partial charge in [-0.1, -0.05) is 121 Å². The van der Waals surface area contributed by atoms with Crippen molar-refractivity contribution in [3.8, 4) is 0 Å². The Kier molecular flexibility index (Phi) is 43.0. The zero-order valence-corrected chi connectivity index (χ0v) is 52.9. The molecular weight excluding hydrogens is 1420 g/mol. The smallest absolute Gasteiger partial charge is 0.741 e. The molecule has 0 spiro atoms. The summed E-state index contributed by atoms with van der Waals surface area (Å²) < 4.78 is 177. The van der Waals surface area contributed by atoms with Gasteiger partial charge in [-0.2, -0.15) is 39.5 Å². The number of amides is 4. The number of hydrogen-bond acceptors (Lipinski definition) is 17. The van der Waals surface area contributed by atoms with Crippen molar-refractivity contribution in [2.75, 3.05) is 78.5 Å². The van der Waals surface area contributed by atoms with E-state index in [1.54, 1.807) is 0 Å². The maximum absolute atomic E-state index is 13.6. The molecule has 1 heterocycles. The Morgan fingerprint density at radius 1 is 0.371 bits per heavy atom. The molecular formula is C51H73EuF9N8O17S3+. The molecule has 89 heavy (non-hydrogen) atoms. The van der Waals surface area contributed by atoms with Gasteiger partial charge in [0.2, 0.25) is 23.6 Å². The second-order valence-electron chi connectivity index (χ2n) is 18.6. The van der Waals surface area contributed by atoms with E-state index in [9.17, 15) is 58.7 Å². The number of halogens is 9. The van der Waals surface area contributed by atoms with Crippen molar-refractivity contribution in [2.24, 2.45) is 0 Å². The number of carbonyl (C=O) groups excluding carboxylic acids is 4. The molecule has 13 N–H and O–H groups in total. The molecule has 1 saturated heterocycles. The predicted octanol–water partition coefficient (Wildman–Crippen LogP) is 1.48. The molecule has 1 fully saturated rings. The Labute approximate surface area is 550 Å². The fourth-order valence-electron chi connectivity index (χ4n) is 7.47. The Hall–Kier alpha value is -4.88. The van der Waals surface area contributed by atoms with Gasteiger partial charge < -0.3 is 56.8 Å². The van der Waals surface area contributed by atoms with Gasteiger partial charge in [-0.25, -0.2) is 25.3 Å². The Morgan fingerprint density at radius 2 is 0.494 bits per heavy atom. The van der Waals surface area contributed by atoms with E-state index in [1.807, 2.05) is 149 Å². The van der Waals surface area contributed by atoms with E-state index in [1.165, 1.54) is 0 Å². The van der Waals surface area contributed by atoms with Gasteiger partial charge in [-0.05, 0) is 49.9 Å². The molecule has 0 aliphatic carbocycles. The van der Waals surface area contributed by atoms with Gasteiger partial charge in [0.1, 0.15) is 0 Å². The number of nitrogens with one attached hydrogen (secondary N) is 4. The molecule has 25 nitrogen and oxygen atoms in total. The van der Waals surface area contributed by atoms with E-state index < -0.39 is 46.9 Å². The van der Waals surface area contributed by atoms with Gasteiger partial charge in [-0.3, -0.25) is 38.8 Å². The molecule has 0 aromatic heterocycles. The normalized spacial score (nSPS) is 15.3. The molecule has 4 amide bonds. The van der Waals surface area contributed by atoms with Crippen LogP contribution in [0.15, 0.2) is 121 Å². The zero-order chi connectivity index (χ0) is 63.7. The topological polar surface area (TPSA) is 428 Å². The first-order chi connectivity index (χ1) is 38.8. The summed E-state index contributed by atoms with van der Waals surface area (Å²) in [4.78, 5) is 62.7. The third-order valence-electron chi connectivity index (χ3n) is 12.0. The Balaban J connectivity index is -0.00000105. The van der Waals surface area contributed by atoms with Gasteiger partial charge in [-0.15, -0.1) is 0 Å². The summed E-state index contributed by atoms with van der Waals surface area (Å²) in [6, 6.07) is 38.9. The molecule has 0 saturated carbocycles. The average Bonchev–Trinajstić information content (AvgIpc) is 3.56. The molecule has 5 rings (SSSR count). The third kappa shape index (κ3) is 36.7. The molecule has 506 valence electrons. The van der Waals surface area contributed by atoms with E-state index in [0.29, 0.717) is 52.4 Å². The maximum Gasteiger partial charge on any atom is 3.00 e. The number of carbonyl (C=O) groups is 4. The van der Waals surface area contributed by atoms with Gasteiger partial charge >= 0.3 is 65.9 Å². The summed E-state index contributed by atoms with van der Waals surface area (Å²) >= 11 is 0. The van der Waals surface area contributed by atoms with Crippen LogP contribution in [-0.2, 0) is 55.0 Å². The predicted molar refractivity (Wildman–Crippen MR) is 301 cm³/mol. The third-order valence-corrected chi connectivity index (χ3v) is 13.7. The SMILES string of the molecule is C[C@H](NC(=O)CN1CCN(CC(=O)N[C@@H](C)c2ccccc2)CCN(CC(=O)N[C@@H](C)c2ccccc2)CCN(CC(=O)N[C@@H](C)c2ccccc2)CC1)c1ccccc1.O.O.O.O=S(=O)([O-])C(F)(F)F.O=S(=O)([O-])C(F)(F)F.O=S(=O)([O-])C(F)(F)F.[Eu+3].[OH3+]. The van der Waals surface area contributed by atoms with Crippen molar-refractivity contribution in [3.63, 3.8) is 0 Å². The molecule has 1 aliphatic heterocycles. The molecule has 4 aromatic carbocycles. The fraction of sp³-hybridized carbons (Fsp3) is 0.451. The standard InChI is InChI=1S/C48H64N8O4.3CHF3O3S.Eu.4H2O/c1-37(41-17-9-5-10-18-41)49-45(57)33-53-25-27-54(34-46(58)50-38(2)42-19-11-6-12-20-42)29-31-56(36-48(60)52-40(4)44-23-15-8-16-24-44)32-30-55(28-26-53)35-47(59)51-39(3)43-21-13-7-14-22-43;3*2-1(3,4)8(5,6)7;;;;;/h5-24,37-40H,25-36H2,1-4H3,(H,49,57)(H,50,58)(H,51,59)(H,52,60);3*(H,5,6,7);;4*1H2/q;;;;+3;;;;/p-2/t37-,38-,39-,40-;;;;;;;;/m0......../s1. The molecule has 0 bridgehead atoms. The molecule has 1 aliphatic rings. The minimum atomic E-state index is -6.09. The largest absolute Gasteiger partial charge is 3.00 e. The first kappa shape index (κ1) is 90.5. The first-order valence-electron chi connectivity index (χ1n) is 25.1. The van der Waals surface area contributed by atoms with Crippen LogP contribution in [0, 0.1) is 49.4 Å². The molecule has 38 heteroatoms. The van der Waals surface area contributed by atoms with Gasteiger partial charge in [0.25, 0.3) is 0 Å². The minimum absolute atomic E-state index is 0. The van der Waals surface area contributed by atoms with Crippen LogP contribution in [0.5, 0.6) is 0 Å². The van der Waals surface area contributed by atoms with E-state index in [0.717, 1.165) is 22.3 Å². The van der Waals surface area contributed by atoms with Crippen molar-refractivity contribution >= 4 is 54.0 Å². The second kappa shape index (κ2) is 42.3. The van der Waals surface area contributed by atoms with Crippen LogP contribution in [0.2, 0.25) is 0 Å². The fourth-order valence-corrected chi connectivity index (χ4v) is 7.47. The summed E-state index contributed by atoms with van der Waals surface area (Å²) in [5, 5.41) is 12.6. The van der Waals surface area contributed by atoms with Crippen molar-refractivity contribution in [1.82, 2.24) is 40.9 Å². The summed E-state index contributed by atoms with van der Waals surface area (Å²) in [6.45, 7) is 12.8. The minimum Gasteiger partial charge on any atom is -0.741 e. The quantitative estimate of drug-likeness (QED) is 0.0534. The van der Waals surface area contributed by atoms with Crippen molar-refractivity contribution in [3.05, 3.63) is 144 Å². The van der Waals surface area contributed by atoms with Crippen LogP contribution in [0.4, 0.5) is 39.5 Å². The summed E-state index contributed by atoms with van der Waals surface area (Å²) in [7, 11) is -18.3. The average molecular weight is 1490 g/mol. The number of alkyl halides is 9. The number of benzene rings is 4. The van der Waals surface area contributed by atoms with Crippen LogP contribution in [0.3, 0.4) is 0 Å². The van der Waals surface area contributed by atoms with Crippen LogP contribution >= 0.6 is 0 Å². The van der Waals surface area contributed by atoms with Gasteiger partial charge in [0, 0.05) is 52.4 Å². The number of hydrogen-bond donors (Lipinski definition) is 4. The van der Waals surface area contributed by atoms with E-state index in [2.05, 4.69) is 40.9 Å². The number of nitrogens with zero attached hydrogens (tertiary/aromatic N) is 4. The summed E-state index contributed by atoms with van der Waals surface area (Å²) in [5.74, 6) is -0.380. The second-order valence-corrected chi connectivity index (χ2v) is 22.7. The summed E-state index contributed by atoms with van der Waals surface area (Å²) in [6.07, 6.45) is 0. The maximum atomic E-state index is 13.6. The zero-order valence-electron chi connectivity index (χ0n) is 48.0.